The Labute approximate surface area is 165 Å². The van der Waals surface area contributed by atoms with E-state index in [4.69, 9.17) is 4.74 Å². The van der Waals surface area contributed by atoms with Crippen molar-refractivity contribution in [2.75, 3.05) is 18.5 Å². The molecule has 0 saturated heterocycles. The third kappa shape index (κ3) is 5.67. The Bertz CT molecular complexity index is 890. The lowest BCUT2D eigenvalue weighted by atomic mass is 10.1. The number of hydrogen-bond donors (Lipinski definition) is 2. The summed E-state index contributed by atoms with van der Waals surface area (Å²) in [6, 6.07) is 11.1. The smallest absolute Gasteiger partial charge is 0.325 e. The maximum Gasteiger partial charge on any atom is 0.325 e. The molecular weight excluding hydrogens is 356 g/mol. The molecule has 6 nitrogen and oxygen atoms in total. The minimum atomic E-state index is -0.673. The number of rotatable bonds is 7. The molecule has 0 aromatic heterocycles. The Morgan fingerprint density at radius 2 is 1.71 bits per heavy atom. The summed E-state index contributed by atoms with van der Waals surface area (Å²) in [4.78, 5) is 36.0. The highest BCUT2D eigenvalue weighted by atomic mass is 16.5. The average Bonchev–Trinajstić information content (AvgIpc) is 2.68. The fourth-order valence-corrected chi connectivity index (χ4v) is 2.71. The molecule has 6 heteroatoms. The SMILES string of the molecule is CCc1cccc(C)c1NC(=O)COC(=O)CNC(=O)c1ccc(C)c(C)c1. The van der Waals surface area contributed by atoms with Crippen LogP contribution in [0.1, 0.15) is 39.5 Å². The van der Waals surface area contributed by atoms with Crippen LogP contribution in [0, 0.1) is 20.8 Å². The Hall–Kier alpha value is -3.15. The van der Waals surface area contributed by atoms with E-state index in [0.29, 0.717) is 5.56 Å². The van der Waals surface area contributed by atoms with Gasteiger partial charge in [0, 0.05) is 11.3 Å². The second kappa shape index (κ2) is 9.69. The van der Waals surface area contributed by atoms with E-state index >= 15 is 0 Å². The molecule has 0 heterocycles. The van der Waals surface area contributed by atoms with Gasteiger partial charge in [-0.1, -0.05) is 31.2 Å². The fraction of sp³-hybridized carbons (Fsp3) is 0.318. The van der Waals surface area contributed by atoms with Gasteiger partial charge in [0.1, 0.15) is 6.54 Å². The molecule has 148 valence electrons. The predicted octanol–water partition coefficient (Wildman–Crippen LogP) is 3.09. The third-order valence-electron chi connectivity index (χ3n) is 4.53. The zero-order chi connectivity index (χ0) is 20.7. The summed E-state index contributed by atoms with van der Waals surface area (Å²) < 4.78 is 4.95. The van der Waals surface area contributed by atoms with Crippen LogP contribution in [0.25, 0.3) is 0 Å². The second-order valence-electron chi connectivity index (χ2n) is 6.65. The zero-order valence-corrected chi connectivity index (χ0v) is 16.7. The van der Waals surface area contributed by atoms with Crippen LogP contribution >= 0.6 is 0 Å². The molecule has 2 aromatic rings. The van der Waals surface area contributed by atoms with Crippen molar-refractivity contribution >= 4 is 23.5 Å². The van der Waals surface area contributed by atoms with Crippen molar-refractivity contribution in [1.82, 2.24) is 5.32 Å². The Morgan fingerprint density at radius 1 is 0.964 bits per heavy atom. The van der Waals surface area contributed by atoms with Gasteiger partial charge in [0.05, 0.1) is 0 Å². The Morgan fingerprint density at radius 3 is 2.39 bits per heavy atom. The van der Waals surface area contributed by atoms with E-state index in [-0.39, 0.29) is 12.5 Å². The van der Waals surface area contributed by atoms with Crippen LogP contribution in [0.5, 0.6) is 0 Å². The molecule has 0 bridgehead atoms. The molecule has 0 aliphatic heterocycles. The summed E-state index contributed by atoms with van der Waals surface area (Å²) in [5.74, 6) is -1.46. The number of para-hydroxylation sites is 1. The monoisotopic (exact) mass is 382 g/mol. The molecule has 0 fully saturated rings. The highest BCUT2D eigenvalue weighted by molar-refractivity contribution is 5.97. The number of ether oxygens (including phenoxy) is 1. The Kier molecular flexibility index (Phi) is 7.32. The molecule has 2 N–H and O–H groups in total. The van der Waals surface area contributed by atoms with E-state index in [1.165, 1.54) is 0 Å². The molecule has 2 aromatic carbocycles. The molecular formula is C22H26N2O4. The molecule has 0 saturated carbocycles. The van der Waals surface area contributed by atoms with Crippen molar-refractivity contribution in [2.24, 2.45) is 0 Å². The van der Waals surface area contributed by atoms with Crippen molar-refractivity contribution in [2.45, 2.75) is 34.1 Å². The number of esters is 1. The van der Waals surface area contributed by atoms with Gasteiger partial charge >= 0.3 is 5.97 Å². The van der Waals surface area contributed by atoms with E-state index < -0.39 is 18.5 Å². The molecule has 0 radical (unpaired) electrons. The summed E-state index contributed by atoms with van der Waals surface area (Å²) in [6.07, 6.45) is 0.779. The first-order valence-electron chi connectivity index (χ1n) is 9.21. The van der Waals surface area contributed by atoms with Crippen LogP contribution in [-0.2, 0) is 20.7 Å². The van der Waals surface area contributed by atoms with Gasteiger partial charge < -0.3 is 15.4 Å². The molecule has 2 rings (SSSR count). The second-order valence-corrected chi connectivity index (χ2v) is 6.65. The molecule has 0 aliphatic rings. The van der Waals surface area contributed by atoms with E-state index in [1.54, 1.807) is 12.1 Å². The van der Waals surface area contributed by atoms with Crippen LogP contribution < -0.4 is 10.6 Å². The highest BCUT2D eigenvalue weighted by Gasteiger charge is 2.13. The van der Waals surface area contributed by atoms with E-state index in [1.807, 2.05) is 52.0 Å². The van der Waals surface area contributed by atoms with Gasteiger partial charge in [-0.3, -0.25) is 14.4 Å². The fourth-order valence-electron chi connectivity index (χ4n) is 2.71. The van der Waals surface area contributed by atoms with Crippen LogP contribution in [0.2, 0.25) is 0 Å². The third-order valence-corrected chi connectivity index (χ3v) is 4.53. The van der Waals surface area contributed by atoms with Crippen LogP contribution in [0.4, 0.5) is 5.69 Å². The molecule has 2 amide bonds. The summed E-state index contributed by atoms with van der Waals surface area (Å²) in [6.45, 7) is 7.07. The molecule has 0 atom stereocenters. The standard InChI is InChI=1S/C22H26N2O4/c1-5-17-8-6-7-15(3)21(17)24-19(25)13-28-20(26)12-23-22(27)18-10-9-14(2)16(4)11-18/h6-11H,5,12-13H2,1-4H3,(H,23,27)(H,24,25). The number of amides is 2. The minimum Gasteiger partial charge on any atom is -0.454 e. The van der Waals surface area contributed by atoms with Gasteiger partial charge in [-0.2, -0.15) is 0 Å². The van der Waals surface area contributed by atoms with Crippen molar-refractivity contribution in [3.05, 3.63) is 64.2 Å². The normalized spacial score (nSPS) is 10.3. The lowest BCUT2D eigenvalue weighted by Crippen LogP contribution is -2.32. The van der Waals surface area contributed by atoms with Gasteiger partial charge in [-0.15, -0.1) is 0 Å². The number of benzene rings is 2. The first-order valence-corrected chi connectivity index (χ1v) is 9.21. The van der Waals surface area contributed by atoms with Gasteiger partial charge in [0.15, 0.2) is 6.61 Å². The summed E-state index contributed by atoms with van der Waals surface area (Å²) in [5, 5.41) is 5.28. The summed E-state index contributed by atoms with van der Waals surface area (Å²) in [5.41, 5.74) is 5.26. The van der Waals surface area contributed by atoms with E-state index in [2.05, 4.69) is 10.6 Å². The summed E-state index contributed by atoms with van der Waals surface area (Å²) in [7, 11) is 0. The van der Waals surface area contributed by atoms with E-state index in [0.717, 1.165) is 34.4 Å². The van der Waals surface area contributed by atoms with Crippen LogP contribution in [-0.4, -0.2) is 30.9 Å². The van der Waals surface area contributed by atoms with E-state index in [9.17, 15) is 14.4 Å². The molecule has 0 spiro atoms. The molecule has 0 unspecified atom stereocenters. The topological polar surface area (TPSA) is 84.5 Å². The molecule has 0 aliphatic carbocycles. The maximum absolute atomic E-state index is 12.1. The quantitative estimate of drug-likeness (QED) is 0.721. The van der Waals surface area contributed by atoms with Crippen molar-refractivity contribution in [3.8, 4) is 0 Å². The highest BCUT2D eigenvalue weighted by Crippen LogP contribution is 2.20. The Balaban J connectivity index is 1.81. The first kappa shape index (κ1) is 21.2. The lowest BCUT2D eigenvalue weighted by Gasteiger charge is -2.13. The van der Waals surface area contributed by atoms with Gasteiger partial charge in [0.25, 0.3) is 11.8 Å². The number of hydrogen-bond acceptors (Lipinski definition) is 4. The van der Waals surface area contributed by atoms with Crippen LogP contribution in [0.15, 0.2) is 36.4 Å². The largest absolute Gasteiger partial charge is 0.454 e. The van der Waals surface area contributed by atoms with Crippen LogP contribution in [0.3, 0.4) is 0 Å². The zero-order valence-electron chi connectivity index (χ0n) is 16.7. The number of nitrogens with one attached hydrogen (secondary N) is 2. The molecule has 28 heavy (non-hydrogen) atoms. The van der Waals surface area contributed by atoms with Gasteiger partial charge in [-0.05, 0) is 61.6 Å². The number of carbonyl (C=O) groups excluding carboxylic acids is 3. The van der Waals surface area contributed by atoms with Gasteiger partial charge in [-0.25, -0.2) is 0 Å². The number of carbonyl (C=O) groups is 3. The van der Waals surface area contributed by atoms with Crippen molar-refractivity contribution < 1.29 is 19.1 Å². The van der Waals surface area contributed by atoms with Crippen molar-refractivity contribution in [1.29, 1.82) is 0 Å². The average molecular weight is 382 g/mol. The maximum atomic E-state index is 12.1. The number of anilines is 1. The first-order chi connectivity index (χ1) is 13.3. The predicted molar refractivity (Wildman–Crippen MR) is 108 cm³/mol. The number of aryl methyl sites for hydroxylation is 4. The van der Waals surface area contributed by atoms with Gasteiger partial charge in [0.2, 0.25) is 0 Å². The summed E-state index contributed by atoms with van der Waals surface area (Å²) >= 11 is 0. The minimum absolute atomic E-state index is 0.302. The van der Waals surface area contributed by atoms with Crippen molar-refractivity contribution in [3.63, 3.8) is 0 Å². The lowest BCUT2D eigenvalue weighted by molar-refractivity contribution is -0.146.